The fourth-order valence-corrected chi connectivity index (χ4v) is 3.05. The molecule has 4 nitrogen and oxygen atoms in total. The molecule has 0 aliphatic carbocycles. The van der Waals surface area contributed by atoms with Gasteiger partial charge in [0.05, 0.1) is 5.56 Å². The molecule has 0 atom stereocenters. The highest BCUT2D eigenvalue weighted by atomic mass is 35.5. The van der Waals surface area contributed by atoms with Crippen LogP contribution in [-0.4, -0.2) is 28.9 Å². The van der Waals surface area contributed by atoms with Crippen molar-refractivity contribution in [1.29, 1.82) is 0 Å². The number of hydrogen-bond donors (Lipinski definition) is 1. The zero-order valence-electron chi connectivity index (χ0n) is 12.5. The third kappa shape index (κ3) is 3.15. The highest BCUT2D eigenvalue weighted by Crippen LogP contribution is 2.37. The van der Waals surface area contributed by atoms with Crippen LogP contribution < -0.4 is 5.73 Å². The third-order valence-electron chi connectivity index (χ3n) is 4.26. The second-order valence-electron chi connectivity index (χ2n) is 5.69. The van der Waals surface area contributed by atoms with Gasteiger partial charge in [-0.25, -0.2) is 9.37 Å². The van der Waals surface area contributed by atoms with Crippen LogP contribution in [0.3, 0.4) is 0 Å². The SMILES string of the molecule is Nc1nc(Cl)ccc1C(=O)N1CCC(F)(c2ccccc2)CC1. The van der Waals surface area contributed by atoms with Crippen molar-refractivity contribution in [2.75, 3.05) is 18.8 Å². The van der Waals surface area contributed by atoms with Gasteiger partial charge in [0.1, 0.15) is 16.6 Å². The highest BCUT2D eigenvalue weighted by Gasteiger charge is 2.37. The van der Waals surface area contributed by atoms with E-state index in [0.29, 0.717) is 24.2 Å². The van der Waals surface area contributed by atoms with Gasteiger partial charge in [0.25, 0.3) is 5.91 Å². The summed E-state index contributed by atoms with van der Waals surface area (Å²) in [6.07, 6.45) is 0.535. The maximum atomic E-state index is 15.1. The van der Waals surface area contributed by atoms with E-state index in [-0.39, 0.29) is 29.7 Å². The number of rotatable bonds is 2. The highest BCUT2D eigenvalue weighted by molar-refractivity contribution is 6.29. The van der Waals surface area contributed by atoms with Crippen LogP contribution in [0.1, 0.15) is 28.8 Å². The van der Waals surface area contributed by atoms with Crippen molar-refractivity contribution in [2.45, 2.75) is 18.5 Å². The van der Waals surface area contributed by atoms with E-state index in [1.54, 1.807) is 23.1 Å². The number of anilines is 1. The van der Waals surface area contributed by atoms with Crippen molar-refractivity contribution in [1.82, 2.24) is 9.88 Å². The number of piperidine rings is 1. The van der Waals surface area contributed by atoms with Gasteiger partial charge < -0.3 is 10.6 Å². The predicted molar refractivity (Wildman–Crippen MR) is 88.0 cm³/mol. The van der Waals surface area contributed by atoms with E-state index in [4.69, 9.17) is 17.3 Å². The molecule has 120 valence electrons. The lowest BCUT2D eigenvalue weighted by molar-refractivity contribution is 0.0422. The van der Waals surface area contributed by atoms with Gasteiger partial charge in [-0.05, 0) is 17.7 Å². The van der Waals surface area contributed by atoms with Crippen molar-refractivity contribution >= 4 is 23.3 Å². The third-order valence-corrected chi connectivity index (χ3v) is 4.47. The summed E-state index contributed by atoms with van der Waals surface area (Å²) < 4.78 is 15.1. The van der Waals surface area contributed by atoms with E-state index in [1.807, 2.05) is 18.2 Å². The molecule has 1 saturated heterocycles. The minimum absolute atomic E-state index is 0.0997. The lowest BCUT2D eigenvalue weighted by Gasteiger charge is -2.36. The van der Waals surface area contributed by atoms with Crippen molar-refractivity contribution in [3.05, 3.63) is 58.7 Å². The summed E-state index contributed by atoms with van der Waals surface area (Å²) in [7, 11) is 0. The normalized spacial score (nSPS) is 17.0. The maximum absolute atomic E-state index is 15.1. The number of carbonyl (C=O) groups excluding carboxylic acids is 1. The van der Waals surface area contributed by atoms with Gasteiger partial charge in [0.15, 0.2) is 0 Å². The largest absolute Gasteiger partial charge is 0.383 e. The number of alkyl halides is 1. The van der Waals surface area contributed by atoms with Gasteiger partial charge >= 0.3 is 0 Å². The van der Waals surface area contributed by atoms with E-state index >= 15 is 4.39 Å². The molecule has 1 aliphatic heterocycles. The number of nitrogens with two attached hydrogens (primary N) is 1. The predicted octanol–water partition coefficient (Wildman–Crippen LogP) is 3.42. The minimum atomic E-state index is -1.39. The van der Waals surface area contributed by atoms with Crippen LogP contribution in [0.15, 0.2) is 42.5 Å². The summed E-state index contributed by atoms with van der Waals surface area (Å²) in [5.74, 6) is -0.135. The molecule has 1 aliphatic rings. The zero-order valence-corrected chi connectivity index (χ0v) is 13.3. The Labute approximate surface area is 139 Å². The van der Waals surface area contributed by atoms with Crippen LogP contribution >= 0.6 is 11.6 Å². The second-order valence-corrected chi connectivity index (χ2v) is 6.08. The van der Waals surface area contributed by atoms with Crippen LogP contribution in [0.2, 0.25) is 5.15 Å². The minimum Gasteiger partial charge on any atom is -0.383 e. The summed E-state index contributed by atoms with van der Waals surface area (Å²) in [5, 5.41) is 0.240. The summed E-state index contributed by atoms with van der Waals surface area (Å²) >= 11 is 5.75. The van der Waals surface area contributed by atoms with Gasteiger partial charge in [-0.3, -0.25) is 4.79 Å². The van der Waals surface area contributed by atoms with E-state index in [2.05, 4.69) is 4.98 Å². The second kappa shape index (κ2) is 6.16. The molecule has 6 heteroatoms. The fraction of sp³-hybridized carbons (Fsp3) is 0.294. The Morgan fingerprint density at radius 1 is 1.17 bits per heavy atom. The average molecular weight is 334 g/mol. The fourth-order valence-electron chi connectivity index (χ4n) is 2.89. The molecule has 1 aromatic carbocycles. The molecule has 0 bridgehead atoms. The van der Waals surface area contributed by atoms with Crippen LogP contribution in [0.4, 0.5) is 10.2 Å². The molecule has 0 radical (unpaired) electrons. The summed E-state index contributed by atoms with van der Waals surface area (Å²) in [6, 6.07) is 12.2. The first-order valence-electron chi connectivity index (χ1n) is 7.45. The summed E-state index contributed by atoms with van der Waals surface area (Å²) in [4.78, 5) is 18.0. The van der Waals surface area contributed by atoms with E-state index in [1.165, 1.54) is 6.07 Å². The van der Waals surface area contributed by atoms with Crippen molar-refractivity contribution < 1.29 is 9.18 Å². The number of hydrogen-bond acceptors (Lipinski definition) is 3. The monoisotopic (exact) mass is 333 g/mol. The molecular formula is C17H17ClFN3O. The Morgan fingerprint density at radius 3 is 2.43 bits per heavy atom. The molecule has 1 aromatic heterocycles. The quantitative estimate of drug-likeness (QED) is 0.857. The van der Waals surface area contributed by atoms with Gasteiger partial charge in [0, 0.05) is 25.9 Å². The van der Waals surface area contributed by atoms with Gasteiger partial charge in [-0.15, -0.1) is 0 Å². The van der Waals surface area contributed by atoms with Crippen molar-refractivity contribution in [3.63, 3.8) is 0 Å². The lowest BCUT2D eigenvalue weighted by atomic mass is 9.86. The Hall–Kier alpha value is -2.14. The molecule has 0 spiro atoms. The topological polar surface area (TPSA) is 59.2 Å². The molecular weight excluding hydrogens is 317 g/mol. The number of pyridine rings is 1. The van der Waals surface area contributed by atoms with E-state index in [0.717, 1.165) is 0 Å². The van der Waals surface area contributed by atoms with Crippen LogP contribution in [0.5, 0.6) is 0 Å². The van der Waals surface area contributed by atoms with Crippen LogP contribution in [0, 0.1) is 0 Å². The molecule has 3 rings (SSSR count). The Balaban J connectivity index is 1.72. The van der Waals surface area contributed by atoms with E-state index in [9.17, 15) is 4.79 Å². The first-order chi connectivity index (χ1) is 11.0. The summed E-state index contributed by atoms with van der Waals surface area (Å²) in [5.41, 5.74) is 5.34. The standard InChI is InChI=1S/C17H17ClFN3O/c18-14-7-6-13(15(20)21-14)16(23)22-10-8-17(19,9-11-22)12-4-2-1-3-5-12/h1-7H,8-11H2,(H2,20,21). The molecule has 1 amide bonds. The molecule has 2 aromatic rings. The van der Waals surface area contributed by atoms with Crippen LogP contribution in [0.25, 0.3) is 0 Å². The summed E-state index contributed by atoms with van der Waals surface area (Å²) in [6.45, 7) is 0.679. The number of nitrogen functional groups attached to an aromatic ring is 1. The first kappa shape index (κ1) is 15.7. The molecule has 2 heterocycles. The number of halogens is 2. The Kier molecular flexibility index (Phi) is 4.22. The van der Waals surface area contributed by atoms with Crippen LogP contribution in [-0.2, 0) is 5.67 Å². The Bertz CT molecular complexity index is 715. The number of likely N-dealkylation sites (tertiary alicyclic amines) is 1. The smallest absolute Gasteiger partial charge is 0.257 e. The number of nitrogens with zero attached hydrogens (tertiary/aromatic N) is 2. The molecule has 1 fully saturated rings. The van der Waals surface area contributed by atoms with Crippen molar-refractivity contribution in [2.24, 2.45) is 0 Å². The van der Waals surface area contributed by atoms with Gasteiger partial charge in [0.2, 0.25) is 0 Å². The van der Waals surface area contributed by atoms with Gasteiger partial charge in [-0.1, -0.05) is 41.9 Å². The molecule has 0 saturated carbocycles. The average Bonchev–Trinajstić information content (AvgIpc) is 2.56. The lowest BCUT2D eigenvalue weighted by Crippen LogP contribution is -2.43. The molecule has 0 unspecified atom stereocenters. The Morgan fingerprint density at radius 2 is 1.83 bits per heavy atom. The molecule has 23 heavy (non-hydrogen) atoms. The maximum Gasteiger partial charge on any atom is 0.257 e. The van der Waals surface area contributed by atoms with E-state index < -0.39 is 5.67 Å². The molecule has 2 N–H and O–H groups in total. The number of amides is 1. The zero-order chi connectivity index (χ0) is 16.4. The number of aromatic nitrogens is 1. The van der Waals surface area contributed by atoms with Gasteiger partial charge in [-0.2, -0.15) is 0 Å². The van der Waals surface area contributed by atoms with Crippen molar-refractivity contribution in [3.8, 4) is 0 Å². The first-order valence-corrected chi connectivity index (χ1v) is 7.83. The number of benzene rings is 1. The number of carbonyl (C=O) groups is 1.